The summed E-state index contributed by atoms with van der Waals surface area (Å²) < 4.78 is 45.0. The molecule has 20 heavy (non-hydrogen) atoms. The van der Waals surface area contributed by atoms with Crippen LogP contribution in [0, 0.1) is 6.92 Å². The summed E-state index contributed by atoms with van der Waals surface area (Å²) in [5.74, 6) is 0.228. The van der Waals surface area contributed by atoms with Gasteiger partial charge in [0.2, 0.25) is 5.82 Å². The van der Waals surface area contributed by atoms with Crippen molar-refractivity contribution in [1.29, 1.82) is 0 Å². The maximum absolute atomic E-state index is 11.9. The number of alkyl halides is 3. The molecule has 0 aliphatic carbocycles. The van der Waals surface area contributed by atoms with Crippen molar-refractivity contribution >= 4 is 5.69 Å². The van der Waals surface area contributed by atoms with E-state index in [1.54, 1.807) is 18.2 Å². The van der Waals surface area contributed by atoms with Crippen molar-refractivity contribution in [1.82, 2.24) is 10.1 Å². The molecule has 108 valence electrons. The van der Waals surface area contributed by atoms with Crippen LogP contribution < -0.4 is 5.73 Å². The minimum Gasteiger partial charge on any atom is -0.398 e. The van der Waals surface area contributed by atoms with Crippen LogP contribution in [0.25, 0.3) is 11.4 Å². The fourth-order valence-corrected chi connectivity index (χ4v) is 1.46. The van der Waals surface area contributed by atoms with E-state index in [2.05, 4.69) is 14.9 Å². The summed E-state index contributed by atoms with van der Waals surface area (Å²) in [5.41, 5.74) is 7.86. The van der Waals surface area contributed by atoms with Crippen LogP contribution in [0.5, 0.6) is 0 Å². The van der Waals surface area contributed by atoms with Gasteiger partial charge in [-0.1, -0.05) is 17.3 Å². The predicted octanol–water partition coefficient (Wildman–Crippen LogP) is 2.71. The lowest BCUT2D eigenvalue weighted by Crippen LogP contribution is -2.16. The predicted molar refractivity (Wildman–Crippen MR) is 64.6 cm³/mol. The Morgan fingerprint density at radius 3 is 2.75 bits per heavy atom. The van der Waals surface area contributed by atoms with Gasteiger partial charge in [0, 0.05) is 11.3 Å². The Hall–Kier alpha value is -2.09. The summed E-state index contributed by atoms with van der Waals surface area (Å²) in [6, 6.07) is 5.21. The molecular weight excluding hydrogens is 275 g/mol. The molecule has 1 aromatic carbocycles. The first-order valence-corrected chi connectivity index (χ1v) is 5.69. The maximum Gasteiger partial charge on any atom is 0.411 e. The third kappa shape index (κ3) is 3.70. The molecule has 0 fully saturated rings. The molecule has 0 radical (unpaired) electrons. The minimum atomic E-state index is -4.38. The van der Waals surface area contributed by atoms with Crippen molar-refractivity contribution in [2.75, 3.05) is 12.3 Å². The second kappa shape index (κ2) is 5.49. The third-order valence-electron chi connectivity index (χ3n) is 2.50. The molecule has 5 nitrogen and oxygen atoms in total. The molecule has 8 heteroatoms. The molecule has 2 rings (SSSR count). The van der Waals surface area contributed by atoms with Gasteiger partial charge >= 0.3 is 6.18 Å². The van der Waals surface area contributed by atoms with Gasteiger partial charge in [-0.2, -0.15) is 18.2 Å². The molecule has 2 aromatic rings. The van der Waals surface area contributed by atoms with E-state index < -0.39 is 19.4 Å². The van der Waals surface area contributed by atoms with Crippen LogP contribution in [-0.2, 0) is 11.3 Å². The molecule has 0 amide bonds. The van der Waals surface area contributed by atoms with E-state index in [4.69, 9.17) is 10.3 Å². The van der Waals surface area contributed by atoms with E-state index in [-0.39, 0.29) is 11.7 Å². The first kappa shape index (κ1) is 14.3. The fraction of sp³-hybridized carbons (Fsp3) is 0.333. The zero-order chi connectivity index (χ0) is 14.8. The highest BCUT2D eigenvalue weighted by molar-refractivity contribution is 5.63. The highest BCUT2D eigenvalue weighted by atomic mass is 19.4. The number of anilines is 1. The van der Waals surface area contributed by atoms with Gasteiger partial charge in [-0.25, -0.2) is 0 Å². The Morgan fingerprint density at radius 2 is 2.10 bits per heavy atom. The molecule has 1 aromatic heterocycles. The standard InChI is InChI=1S/C12H12F3N3O2/c1-7-2-3-8(4-9(7)16)11-17-10(20-18-11)5-19-6-12(13,14)15/h2-4H,5-6,16H2,1H3. The molecule has 0 saturated carbocycles. The van der Waals surface area contributed by atoms with E-state index in [1.807, 2.05) is 6.92 Å². The zero-order valence-corrected chi connectivity index (χ0v) is 10.6. The van der Waals surface area contributed by atoms with Gasteiger partial charge in [-0.05, 0) is 18.6 Å². The molecule has 0 bridgehead atoms. The quantitative estimate of drug-likeness (QED) is 0.875. The molecule has 0 aliphatic rings. The lowest BCUT2D eigenvalue weighted by atomic mass is 10.1. The molecule has 1 heterocycles. The second-order valence-electron chi connectivity index (χ2n) is 4.19. The Morgan fingerprint density at radius 1 is 1.35 bits per heavy atom. The molecular formula is C12H12F3N3O2. The van der Waals surface area contributed by atoms with Gasteiger partial charge in [-0.3, -0.25) is 0 Å². The fourth-order valence-electron chi connectivity index (χ4n) is 1.46. The van der Waals surface area contributed by atoms with Crippen LogP contribution in [0.15, 0.2) is 22.7 Å². The van der Waals surface area contributed by atoms with Crippen molar-refractivity contribution in [3.8, 4) is 11.4 Å². The monoisotopic (exact) mass is 287 g/mol. The van der Waals surface area contributed by atoms with Crippen molar-refractivity contribution in [2.45, 2.75) is 19.7 Å². The summed E-state index contributed by atoms with van der Waals surface area (Å²) in [6.45, 7) is 0.0990. The van der Waals surface area contributed by atoms with Gasteiger partial charge in [0.1, 0.15) is 13.2 Å². The number of nitrogen functional groups attached to an aromatic ring is 1. The first-order valence-electron chi connectivity index (χ1n) is 5.69. The van der Waals surface area contributed by atoms with Crippen LogP contribution in [-0.4, -0.2) is 22.9 Å². The molecule has 0 unspecified atom stereocenters. The van der Waals surface area contributed by atoms with Gasteiger partial charge in [-0.15, -0.1) is 0 Å². The average molecular weight is 287 g/mol. The number of halogens is 3. The number of hydrogen-bond donors (Lipinski definition) is 1. The summed E-state index contributed by atoms with van der Waals surface area (Å²) in [6.07, 6.45) is -4.38. The van der Waals surface area contributed by atoms with E-state index in [0.29, 0.717) is 11.3 Å². The van der Waals surface area contributed by atoms with Crippen molar-refractivity contribution < 1.29 is 22.4 Å². The average Bonchev–Trinajstić information content (AvgIpc) is 2.80. The molecule has 0 saturated heterocycles. The van der Waals surface area contributed by atoms with Crippen molar-refractivity contribution in [2.24, 2.45) is 0 Å². The van der Waals surface area contributed by atoms with Gasteiger partial charge in [0.25, 0.3) is 5.89 Å². The van der Waals surface area contributed by atoms with Crippen LogP contribution in [0.4, 0.5) is 18.9 Å². The van der Waals surface area contributed by atoms with Crippen LogP contribution >= 0.6 is 0 Å². The van der Waals surface area contributed by atoms with Crippen molar-refractivity contribution in [3.63, 3.8) is 0 Å². The first-order chi connectivity index (χ1) is 9.35. The molecule has 0 atom stereocenters. The zero-order valence-electron chi connectivity index (χ0n) is 10.6. The molecule has 0 spiro atoms. The third-order valence-corrected chi connectivity index (χ3v) is 2.50. The summed E-state index contributed by atoms with van der Waals surface area (Å²) in [5, 5.41) is 3.67. The number of ether oxygens (including phenoxy) is 1. The molecule has 2 N–H and O–H groups in total. The van der Waals surface area contributed by atoms with Gasteiger partial charge in [0.15, 0.2) is 0 Å². The normalized spacial score (nSPS) is 11.8. The summed E-state index contributed by atoms with van der Waals surface area (Å²) >= 11 is 0. The van der Waals surface area contributed by atoms with Gasteiger partial charge in [0.05, 0.1) is 0 Å². The van der Waals surface area contributed by atoms with E-state index in [0.717, 1.165) is 5.56 Å². The van der Waals surface area contributed by atoms with Crippen LogP contribution in [0.1, 0.15) is 11.5 Å². The van der Waals surface area contributed by atoms with Crippen molar-refractivity contribution in [3.05, 3.63) is 29.7 Å². The Labute approximate surface area is 112 Å². The minimum absolute atomic E-state index is 0.0246. The highest BCUT2D eigenvalue weighted by Crippen LogP contribution is 2.21. The topological polar surface area (TPSA) is 74.2 Å². The SMILES string of the molecule is Cc1ccc(-c2noc(COCC(F)(F)F)n2)cc1N. The van der Waals surface area contributed by atoms with E-state index in [9.17, 15) is 13.2 Å². The Balaban J connectivity index is 2.03. The number of aryl methyl sites for hydroxylation is 1. The number of rotatable bonds is 4. The lowest BCUT2D eigenvalue weighted by Gasteiger charge is -2.04. The smallest absolute Gasteiger partial charge is 0.398 e. The van der Waals surface area contributed by atoms with Crippen LogP contribution in [0.3, 0.4) is 0 Å². The highest BCUT2D eigenvalue weighted by Gasteiger charge is 2.27. The lowest BCUT2D eigenvalue weighted by molar-refractivity contribution is -0.178. The number of benzene rings is 1. The Bertz CT molecular complexity index is 596. The van der Waals surface area contributed by atoms with E-state index >= 15 is 0 Å². The van der Waals surface area contributed by atoms with Crippen LogP contribution in [0.2, 0.25) is 0 Å². The number of nitrogens with two attached hydrogens (primary N) is 1. The summed E-state index contributed by atoms with van der Waals surface area (Å²) in [7, 11) is 0. The summed E-state index contributed by atoms with van der Waals surface area (Å²) in [4.78, 5) is 3.95. The maximum atomic E-state index is 11.9. The van der Waals surface area contributed by atoms with E-state index in [1.165, 1.54) is 0 Å². The van der Waals surface area contributed by atoms with Gasteiger partial charge < -0.3 is 15.0 Å². The Kier molecular flexibility index (Phi) is 3.93. The number of hydrogen-bond acceptors (Lipinski definition) is 5. The number of aromatic nitrogens is 2. The number of nitrogens with zero attached hydrogens (tertiary/aromatic N) is 2. The molecule has 0 aliphatic heterocycles. The largest absolute Gasteiger partial charge is 0.411 e. The second-order valence-corrected chi connectivity index (χ2v) is 4.19.